The Morgan fingerprint density at radius 2 is 1.47 bits per heavy atom. The molecule has 30 heavy (non-hydrogen) atoms. The molecule has 8 nitrogen and oxygen atoms in total. The zero-order chi connectivity index (χ0) is 22.4. The van der Waals surface area contributed by atoms with E-state index in [4.69, 9.17) is 14.6 Å². The summed E-state index contributed by atoms with van der Waals surface area (Å²) in [6.45, 7) is 1.31. The van der Waals surface area contributed by atoms with Crippen molar-refractivity contribution in [2.45, 2.75) is 108 Å². The predicted octanol–water partition coefficient (Wildman–Crippen LogP) is 1.27. The summed E-state index contributed by atoms with van der Waals surface area (Å²) < 4.78 is 24.3. The fourth-order valence-electron chi connectivity index (χ4n) is 3.55. The van der Waals surface area contributed by atoms with Crippen molar-refractivity contribution < 1.29 is 39.5 Å². The molecule has 1 heterocycles. The molecule has 0 saturated carbocycles. The summed E-state index contributed by atoms with van der Waals surface area (Å²) in [5.41, 5.74) is 0. The van der Waals surface area contributed by atoms with Crippen molar-refractivity contribution in [3.8, 4) is 0 Å². The SMILES string of the molecule is CCCCCCCCCCCCN(F)CC(O)CO[C@@H]1O[C@H](CO)[C@H](O)[C@H](O)[C@H]1O. The fraction of sp³-hybridized carbons (Fsp3) is 1.00. The van der Waals surface area contributed by atoms with Gasteiger partial charge in [0.1, 0.15) is 24.4 Å². The van der Waals surface area contributed by atoms with Gasteiger partial charge in [0.15, 0.2) is 6.29 Å². The summed E-state index contributed by atoms with van der Waals surface area (Å²) in [5.74, 6) is 0. The van der Waals surface area contributed by atoms with Crippen molar-refractivity contribution >= 4 is 0 Å². The Kier molecular flexibility index (Phi) is 15.0. The number of hydrogen-bond acceptors (Lipinski definition) is 8. The quantitative estimate of drug-likeness (QED) is 0.170. The van der Waals surface area contributed by atoms with E-state index in [9.17, 15) is 24.9 Å². The highest BCUT2D eigenvalue weighted by atomic mass is 19.2. The summed E-state index contributed by atoms with van der Waals surface area (Å²) in [4.78, 5) is 0. The van der Waals surface area contributed by atoms with Crippen molar-refractivity contribution in [3.63, 3.8) is 0 Å². The van der Waals surface area contributed by atoms with Gasteiger partial charge in [0, 0.05) is 6.54 Å². The van der Waals surface area contributed by atoms with Gasteiger partial charge in [-0.05, 0) is 6.42 Å². The van der Waals surface area contributed by atoms with Gasteiger partial charge in [0.2, 0.25) is 0 Å². The van der Waals surface area contributed by atoms with Crippen LogP contribution in [0.1, 0.15) is 71.1 Å². The molecule has 1 aliphatic heterocycles. The van der Waals surface area contributed by atoms with Gasteiger partial charge in [-0.3, -0.25) is 0 Å². The fourth-order valence-corrected chi connectivity index (χ4v) is 3.55. The largest absolute Gasteiger partial charge is 0.394 e. The van der Waals surface area contributed by atoms with Gasteiger partial charge in [-0.2, -0.15) is 0 Å². The Morgan fingerprint density at radius 3 is 2.03 bits per heavy atom. The van der Waals surface area contributed by atoms with E-state index in [2.05, 4.69) is 6.92 Å². The van der Waals surface area contributed by atoms with Crippen LogP contribution >= 0.6 is 0 Å². The average molecular weight is 440 g/mol. The molecule has 0 spiro atoms. The van der Waals surface area contributed by atoms with E-state index in [-0.39, 0.29) is 19.7 Å². The van der Waals surface area contributed by atoms with Gasteiger partial charge in [0.05, 0.1) is 25.9 Å². The molecule has 0 aliphatic carbocycles. The lowest BCUT2D eigenvalue weighted by Gasteiger charge is -2.39. The molecule has 6 atom stereocenters. The molecule has 1 aliphatic rings. The van der Waals surface area contributed by atoms with Crippen LogP contribution in [0.15, 0.2) is 0 Å². The number of nitrogens with zero attached hydrogens (tertiary/aromatic N) is 1. The molecular weight excluding hydrogens is 397 g/mol. The molecule has 1 saturated heterocycles. The van der Waals surface area contributed by atoms with Crippen LogP contribution in [0.25, 0.3) is 0 Å². The second-order valence-corrected chi connectivity index (χ2v) is 8.24. The molecule has 0 bridgehead atoms. The smallest absolute Gasteiger partial charge is 0.186 e. The van der Waals surface area contributed by atoms with Gasteiger partial charge < -0.3 is 35.0 Å². The van der Waals surface area contributed by atoms with E-state index in [1.165, 1.54) is 44.9 Å². The number of hydrogen-bond donors (Lipinski definition) is 5. The molecule has 9 heteroatoms. The molecule has 1 rings (SSSR count). The molecule has 1 unspecified atom stereocenters. The second-order valence-electron chi connectivity index (χ2n) is 8.24. The maximum Gasteiger partial charge on any atom is 0.186 e. The molecule has 0 aromatic carbocycles. The summed E-state index contributed by atoms with van der Waals surface area (Å²) >= 11 is 0. The zero-order valence-corrected chi connectivity index (χ0v) is 18.2. The predicted molar refractivity (Wildman–Crippen MR) is 110 cm³/mol. The van der Waals surface area contributed by atoms with Crippen LogP contribution in [0, 0.1) is 0 Å². The van der Waals surface area contributed by atoms with E-state index < -0.39 is 43.4 Å². The van der Waals surface area contributed by atoms with Gasteiger partial charge in [-0.15, -0.1) is 9.60 Å². The van der Waals surface area contributed by atoms with Crippen LogP contribution in [0.4, 0.5) is 4.48 Å². The minimum atomic E-state index is -1.55. The zero-order valence-electron chi connectivity index (χ0n) is 18.2. The lowest BCUT2D eigenvalue weighted by Crippen LogP contribution is -2.59. The van der Waals surface area contributed by atoms with Crippen LogP contribution < -0.4 is 0 Å². The van der Waals surface area contributed by atoms with E-state index in [0.717, 1.165) is 12.8 Å². The van der Waals surface area contributed by atoms with Crippen molar-refractivity contribution in [1.82, 2.24) is 5.12 Å². The van der Waals surface area contributed by atoms with Gasteiger partial charge in [-0.25, -0.2) is 0 Å². The molecular formula is C21H42FNO7. The van der Waals surface area contributed by atoms with E-state index >= 15 is 0 Å². The summed E-state index contributed by atoms with van der Waals surface area (Å²) in [6, 6.07) is 0. The minimum Gasteiger partial charge on any atom is -0.394 e. The summed E-state index contributed by atoms with van der Waals surface area (Å²) in [7, 11) is 0. The lowest BCUT2D eigenvalue weighted by molar-refractivity contribution is -0.305. The highest BCUT2D eigenvalue weighted by Crippen LogP contribution is 2.22. The Bertz CT molecular complexity index is 419. The standard InChI is InChI=1S/C21H42FNO7/c1-2-3-4-5-6-7-8-9-10-11-12-23(22)13-16(25)15-29-21-20(28)19(27)18(26)17(14-24)30-21/h16-21,24-28H,2-15H2,1H3/t16?,17-,18+,19+,20-,21-/m1/s1. The third-order valence-electron chi connectivity index (χ3n) is 5.46. The van der Waals surface area contributed by atoms with Crippen molar-refractivity contribution in [2.24, 2.45) is 0 Å². The van der Waals surface area contributed by atoms with Gasteiger partial charge in [-0.1, -0.05) is 64.7 Å². The first kappa shape index (κ1) is 27.6. The molecule has 0 radical (unpaired) electrons. The van der Waals surface area contributed by atoms with Crippen LogP contribution in [0.3, 0.4) is 0 Å². The molecule has 1 fully saturated rings. The Morgan fingerprint density at radius 1 is 0.900 bits per heavy atom. The molecule has 180 valence electrons. The Labute approximate surface area is 179 Å². The van der Waals surface area contributed by atoms with Crippen LogP contribution in [0.2, 0.25) is 0 Å². The maximum absolute atomic E-state index is 13.9. The number of aliphatic hydroxyl groups excluding tert-OH is 5. The lowest BCUT2D eigenvalue weighted by atomic mass is 9.99. The third-order valence-corrected chi connectivity index (χ3v) is 5.46. The average Bonchev–Trinajstić information content (AvgIpc) is 2.73. The van der Waals surface area contributed by atoms with E-state index in [0.29, 0.717) is 11.5 Å². The van der Waals surface area contributed by atoms with E-state index in [1.807, 2.05) is 0 Å². The first-order valence-electron chi connectivity index (χ1n) is 11.4. The van der Waals surface area contributed by atoms with Crippen LogP contribution in [0.5, 0.6) is 0 Å². The molecule has 0 amide bonds. The van der Waals surface area contributed by atoms with Gasteiger partial charge >= 0.3 is 0 Å². The number of ether oxygens (including phenoxy) is 2. The minimum absolute atomic E-state index is 0.230. The number of halogens is 1. The van der Waals surface area contributed by atoms with Crippen molar-refractivity contribution in [1.29, 1.82) is 0 Å². The molecule has 0 aromatic rings. The highest BCUT2D eigenvalue weighted by Gasteiger charge is 2.44. The monoisotopic (exact) mass is 439 g/mol. The first-order chi connectivity index (χ1) is 14.4. The third kappa shape index (κ3) is 10.8. The maximum atomic E-state index is 13.9. The topological polar surface area (TPSA) is 123 Å². The van der Waals surface area contributed by atoms with Crippen LogP contribution in [-0.4, -0.2) is 93.8 Å². The second kappa shape index (κ2) is 16.3. The Hall–Kier alpha value is -0.390. The van der Waals surface area contributed by atoms with Crippen LogP contribution in [-0.2, 0) is 9.47 Å². The molecule has 0 aromatic heterocycles. The normalized spacial score (nSPS) is 28.2. The number of aliphatic hydroxyl groups is 5. The Balaban J connectivity index is 2.09. The number of rotatable bonds is 17. The summed E-state index contributed by atoms with van der Waals surface area (Å²) in [5, 5.41) is 48.9. The first-order valence-corrected chi connectivity index (χ1v) is 11.4. The van der Waals surface area contributed by atoms with Crippen molar-refractivity contribution in [2.75, 3.05) is 26.3 Å². The van der Waals surface area contributed by atoms with Gasteiger partial charge in [0.25, 0.3) is 0 Å². The molecule has 5 N–H and O–H groups in total. The van der Waals surface area contributed by atoms with E-state index in [1.54, 1.807) is 0 Å². The number of unbranched alkanes of at least 4 members (excludes halogenated alkanes) is 9. The summed E-state index contributed by atoms with van der Waals surface area (Å²) in [6.07, 6.45) is 3.50. The highest BCUT2D eigenvalue weighted by molar-refractivity contribution is 4.88. The van der Waals surface area contributed by atoms with Crippen molar-refractivity contribution in [3.05, 3.63) is 0 Å².